The summed E-state index contributed by atoms with van der Waals surface area (Å²) in [6.07, 6.45) is 2.83. The van der Waals surface area contributed by atoms with Crippen molar-refractivity contribution in [1.82, 2.24) is 13.9 Å². The SMILES string of the molecule is Cc1nc2ccccc2n1CC(=O)Nc1cccc(S(=O)(=O)N2CCCCC2)c1. The second-order valence-electron chi connectivity index (χ2n) is 7.27. The van der Waals surface area contributed by atoms with Gasteiger partial charge in [-0.25, -0.2) is 13.4 Å². The van der Waals surface area contributed by atoms with Crippen LogP contribution in [0.3, 0.4) is 0 Å². The van der Waals surface area contributed by atoms with Crippen molar-refractivity contribution < 1.29 is 13.2 Å². The van der Waals surface area contributed by atoms with Gasteiger partial charge in [0, 0.05) is 18.8 Å². The summed E-state index contributed by atoms with van der Waals surface area (Å²) in [6, 6.07) is 14.1. The molecule has 0 aliphatic carbocycles. The number of aromatic nitrogens is 2. The predicted octanol–water partition coefficient (Wildman–Crippen LogP) is 3.16. The Bertz CT molecular complexity index is 1150. The molecule has 1 aromatic heterocycles. The molecule has 1 N–H and O–H groups in total. The maximum atomic E-state index is 12.9. The lowest BCUT2D eigenvalue weighted by Gasteiger charge is -2.26. The van der Waals surface area contributed by atoms with Gasteiger partial charge in [-0.05, 0) is 50.1 Å². The van der Waals surface area contributed by atoms with Crippen LogP contribution in [0, 0.1) is 6.92 Å². The van der Waals surface area contributed by atoms with E-state index in [1.807, 2.05) is 35.8 Å². The molecular weight excluding hydrogens is 388 g/mol. The van der Waals surface area contributed by atoms with Gasteiger partial charge in [0.25, 0.3) is 0 Å². The van der Waals surface area contributed by atoms with Crippen LogP contribution in [0.2, 0.25) is 0 Å². The highest BCUT2D eigenvalue weighted by Gasteiger charge is 2.26. The molecule has 0 unspecified atom stereocenters. The van der Waals surface area contributed by atoms with Crippen LogP contribution in [-0.2, 0) is 21.4 Å². The van der Waals surface area contributed by atoms with Crippen LogP contribution in [-0.4, -0.2) is 41.3 Å². The number of para-hydroxylation sites is 2. The summed E-state index contributed by atoms with van der Waals surface area (Å²) in [4.78, 5) is 17.3. The van der Waals surface area contributed by atoms with E-state index in [0.717, 1.165) is 36.1 Å². The standard InChI is InChI=1S/C21H24N4O3S/c1-16-22-19-10-3-4-11-20(19)25(16)15-21(26)23-17-8-7-9-18(14-17)29(27,28)24-12-5-2-6-13-24/h3-4,7-11,14H,2,5-6,12-13,15H2,1H3,(H,23,26). The smallest absolute Gasteiger partial charge is 0.244 e. The Morgan fingerprint density at radius 1 is 1.07 bits per heavy atom. The number of fused-ring (bicyclic) bond motifs is 1. The topological polar surface area (TPSA) is 84.3 Å². The minimum Gasteiger partial charge on any atom is -0.324 e. The van der Waals surface area contributed by atoms with Gasteiger partial charge in [-0.3, -0.25) is 4.79 Å². The third-order valence-electron chi connectivity index (χ3n) is 5.22. The first-order valence-electron chi connectivity index (χ1n) is 9.77. The Hall–Kier alpha value is -2.71. The number of nitrogens with zero attached hydrogens (tertiary/aromatic N) is 3. The second-order valence-corrected chi connectivity index (χ2v) is 9.21. The van der Waals surface area contributed by atoms with Gasteiger partial charge in [0.05, 0.1) is 15.9 Å². The van der Waals surface area contributed by atoms with E-state index in [1.165, 1.54) is 10.4 Å². The number of carbonyl (C=O) groups excluding carboxylic acids is 1. The van der Waals surface area contributed by atoms with E-state index in [-0.39, 0.29) is 17.3 Å². The molecule has 4 rings (SSSR count). The van der Waals surface area contributed by atoms with Gasteiger partial charge < -0.3 is 9.88 Å². The van der Waals surface area contributed by atoms with Gasteiger partial charge in [-0.2, -0.15) is 4.31 Å². The molecule has 2 heterocycles. The maximum absolute atomic E-state index is 12.9. The van der Waals surface area contributed by atoms with Gasteiger partial charge in [-0.1, -0.05) is 24.6 Å². The Morgan fingerprint density at radius 2 is 1.83 bits per heavy atom. The van der Waals surface area contributed by atoms with Gasteiger partial charge in [0.1, 0.15) is 12.4 Å². The highest BCUT2D eigenvalue weighted by atomic mass is 32.2. The molecule has 1 aliphatic rings. The van der Waals surface area contributed by atoms with Crippen molar-refractivity contribution >= 4 is 32.7 Å². The number of amides is 1. The van der Waals surface area contributed by atoms with Gasteiger partial charge in [-0.15, -0.1) is 0 Å². The van der Waals surface area contributed by atoms with Gasteiger partial charge in [0.15, 0.2) is 0 Å². The fraction of sp³-hybridized carbons (Fsp3) is 0.333. The number of nitrogens with one attached hydrogen (secondary N) is 1. The largest absolute Gasteiger partial charge is 0.324 e. The van der Waals surface area contributed by atoms with Crippen LogP contribution in [0.4, 0.5) is 5.69 Å². The highest BCUT2D eigenvalue weighted by molar-refractivity contribution is 7.89. The minimum atomic E-state index is -3.54. The molecule has 29 heavy (non-hydrogen) atoms. The zero-order valence-electron chi connectivity index (χ0n) is 16.3. The number of aryl methyl sites for hydroxylation is 1. The summed E-state index contributed by atoms with van der Waals surface area (Å²) in [5.74, 6) is 0.520. The molecule has 0 atom stereocenters. The number of carbonyl (C=O) groups is 1. The first kappa shape index (κ1) is 19.6. The van der Waals surface area contributed by atoms with Crippen LogP contribution in [0.25, 0.3) is 11.0 Å². The number of hydrogen-bond donors (Lipinski definition) is 1. The molecule has 7 nitrogen and oxygen atoms in total. The number of anilines is 1. The van der Waals surface area contributed by atoms with Crippen LogP contribution < -0.4 is 5.32 Å². The summed E-state index contributed by atoms with van der Waals surface area (Å²) in [7, 11) is -3.54. The van der Waals surface area contributed by atoms with E-state index in [1.54, 1.807) is 18.2 Å². The fourth-order valence-corrected chi connectivity index (χ4v) is 5.29. The lowest BCUT2D eigenvalue weighted by Crippen LogP contribution is -2.35. The van der Waals surface area contributed by atoms with E-state index in [4.69, 9.17) is 0 Å². The van der Waals surface area contributed by atoms with E-state index >= 15 is 0 Å². The summed E-state index contributed by atoms with van der Waals surface area (Å²) in [6.45, 7) is 3.06. The minimum absolute atomic E-state index is 0.107. The molecule has 0 bridgehead atoms. The highest BCUT2D eigenvalue weighted by Crippen LogP contribution is 2.23. The molecule has 8 heteroatoms. The summed E-state index contributed by atoms with van der Waals surface area (Å²) >= 11 is 0. The summed E-state index contributed by atoms with van der Waals surface area (Å²) in [5.41, 5.74) is 2.20. The lowest BCUT2D eigenvalue weighted by molar-refractivity contribution is -0.116. The average Bonchev–Trinajstić information content (AvgIpc) is 3.04. The molecule has 0 radical (unpaired) electrons. The van der Waals surface area contributed by atoms with Gasteiger partial charge >= 0.3 is 0 Å². The zero-order chi connectivity index (χ0) is 20.4. The summed E-state index contributed by atoms with van der Waals surface area (Å²) in [5, 5.41) is 2.82. The van der Waals surface area contributed by atoms with Crippen molar-refractivity contribution in [2.75, 3.05) is 18.4 Å². The molecule has 1 saturated heterocycles. The summed E-state index contributed by atoms with van der Waals surface area (Å²) < 4.78 is 29.1. The Morgan fingerprint density at radius 3 is 2.62 bits per heavy atom. The quantitative estimate of drug-likeness (QED) is 0.698. The molecule has 2 aromatic carbocycles. The third kappa shape index (κ3) is 4.04. The molecule has 3 aromatic rings. The molecule has 1 amide bonds. The van der Waals surface area contributed by atoms with Crippen molar-refractivity contribution in [3.8, 4) is 0 Å². The van der Waals surface area contributed by atoms with E-state index in [2.05, 4.69) is 10.3 Å². The molecule has 0 saturated carbocycles. The Labute approximate surface area is 170 Å². The van der Waals surface area contributed by atoms with E-state index in [9.17, 15) is 13.2 Å². The van der Waals surface area contributed by atoms with Crippen LogP contribution >= 0.6 is 0 Å². The van der Waals surface area contributed by atoms with E-state index < -0.39 is 10.0 Å². The van der Waals surface area contributed by atoms with Crippen molar-refractivity contribution in [2.24, 2.45) is 0 Å². The zero-order valence-corrected chi connectivity index (χ0v) is 17.2. The normalized spacial score (nSPS) is 15.5. The number of piperidine rings is 1. The first-order valence-corrected chi connectivity index (χ1v) is 11.2. The van der Waals surface area contributed by atoms with Crippen LogP contribution in [0.15, 0.2) is 53.4 Å². The number of hydrogen-bond acceptors (Lipinski definition) is 4. The average molecular weight is 413 g/mol. The maximum Gasteiger partial charge on any atom is 0.244 e. The van der Waals surface area contributed by atoms with Crippen molar-refractivity contribution in [2.45, 2.75) is 37.6 Å². The number of imidazole rings is 1. The van der Waals surface area contributed by atoms with Gasteiger partial charge in [0.2, 0.25) is 15.9 Å². The van der Waals surface area contributed by atoms with Crippen molar-refractivity contribution in [3.63, 3.8) is 0 Å². The number of benzene rings is 2. The molecule has 1 fully saturated rings. The number of sulfonamides is 1. The molecule has 0 spiro atoms. The molecule has 152 valence electrons. The van der Waals surface area contributed by atoms with Crippen molar-refractivity contribution in [3.05, 3.63) is 54.4 Å². The Balaban J connectivity index is 1.52. The predicted molar refractivity (Wildman–Crippen MR) is 112 cm³/mol. The first-order chi connectivity index (χ1) is 13.9. The monoisotopic (exact) mass is 412 g/mol. The molecule has 1 aliphatic heterocycles. The second kappa shape index (κ2) is 7.96. The fourth-order valence-electron chi connectivity index (χ4n) is 3.73. The lowest BCUT2D eigenvalue weighted by atomic mass is 10.2. The number of rotatable bonds is 5. The van der Waals surface area contributed by atoms with Crippen molar-refractivity contribution in [1.29, 1.82) is 0 Å². The van der Waals surface area contributed by atoms with Crippen LogP contribution in [0.5, 0.6) is 0 Å². The van der Waals surface area contributed by atoms with Crippen LogP contribution in [0.1, 0.15) is 25.1 Å². The Kier molecular flexibility index (Phi) is 5.38. The van der Waals surface area contributed by atoms with E-state index in [0.29, 0.717) is 18.8 Å². The molecular formula is C21H24N4O3S. The third-order valence-corrected chi connectivity index (χ3v) is 7.11.